The van der Waals surface area contributed by atoms with Crippen molar-refractivity contribution in [2.75, 3.05) is 26.2 Å². The van der Waals surface area contributed by atoms with Crippen LogP contribution in [0.2, 0.25) is 0 Å². The van der Waals surface area contributed by atoms with Gasteiger partial charge in [0, 0.05) is 25.2 Å². The fourth-order valence-corrected chi connectivity index (χ4v) is 2.47. The van der Waals surface area contributed by atoms with E-state index >= 15 is 0 Å². The lowest BCUT2D eigenvalue weighted by Gasteiger charge is -2.28. The van der Waals surface area contributed by atoms with Gasteiger partial charge in [-0.2, -0.15) is 0 Å². The minimum absolute atomic E-state index is 0.106. The smallest absolute Gasteiger partial charge is 0.260 e. The van der Waals surface area contributed by atoms with E-state index < -0.39 is 11.6 Å². The molecule has 0 radical (unpaired) electrons. The third-order valence-electron chi connectivity index (χ3n) is 3.51. The molecule has 1 heterocycles. The fourth-order valence-electron chi connectivity index (χ4n) is 2.47. The van der Waals surface area contributed by atoms with Gasteiger partial charge in [0.15, 0.2) is 18.2 Å². The van der Waals surface area contributed by atoms with Crippen molar-refractivity contribution in [3.8, 4) is 5.75 Å². The molecular formula is C15H20F2N2O2. The van der Waals surface area contributed by atoms with Crippen LogP contribution in [0.4, 0.5) is 8.78 Å². The minimum atomic E-state index is -0.799. The molecule has 1 atom stereocenters. The van der Waals surface area contributed by atoms with Crippen LogP contribution >= 0.6 is 0 Å². The molecule has 116 valence electrons. The summed E-state index contributed by atoms with van der Waals surface area (Å²) in [5, 5.41) is 3.22. The van der Waals surface area contributed by atoms with Crippen LogP contribution in [0.3, 0.4) is 0 Å². The van der Waals surface area contributed by atoms with Crippen molar-refractivity contribution in [1.82, 2.24) is 10.2 Å². The van der Waals surface area contributed by atoms with E-state index in [4.69, 9.17) is 4.74 Å². The van der Waals surface area contributed by atoms with E-state index in [1.165, 1.54) is 6.07 Å². The number of carbonyl (C=O) groups excluding carboxylic acids is 1. The number of rotatable bonds is 6. The second-order valence-corrected chi connectivity index (χ2v) is 5.10. The molecule has 1 N–H and O–H groups in total. The van der Waals surface area contributed by atoms with Crippen molar-refractivity contribution in [3.05, 3.63) is 29.8 Å². The van der Waals surface area contributed by atoms with Crippen LogP contribution < -0.4 is 10.1 Å². The molecule has 0 spiro atoms. The molecule has 4 nitrogen and oxygen atoms in total. The van der Waals surface area contributed by atoms with Crippen LogP contribution in [0.1, 0.15) is 19.8 Å². The van der Waals surface area contributed by atoms with E-state index in [9.17, 15) is 13.6 Å². The Balaban J connectivity index is 1.95. The van der Waals surface area contributed by atoms with Crippen LogP contribution in [0.15, 0.2) is 18.2 Å². The second kappa shape index (κ2) is 7.36. The standard InChI is InChI=1S/C15H20F2N2O2/c1-2-7-19(12-5-6-18-9-12)15(20)10-21-14-4-3-11(16)8-13(14)17/h3-4,8,12,18H,2,5-7,9-10H2,1H3. The summed E-state index contributed by atoms with van der Waals surface area (Å²) in [5.74, 6) is -1.75. The average Bonchev–Trinajstić information content (AvgIpc) is 2.97. The van der Waals surface area contributed by atoms with Gasteiger partial charge in [-0.3, -0.25) is 4.79 Å². The zero-order valence-electron chi connectivity index (χ0n) is 12.1. The zero-order valence-corrected chi connectivity index (χ0v) is 12.1. The van der Waals surface area contributed by atoms with Crippen LogP contribution in [0, 0.1) is 11.6 Å². The van der Waals surface area contributed by atoms with Gasteiger partial charge < -0.3 is 15.0 Å². The van der Waals surface area contributed by atoms with Crippen molar-refractivity contribution in [2.45, 2.75) is 25.8 Å². The maximum atomic E-state index is 13.5. The van der Waals surface area contributed by atoms with Crippen molar-refractivity contribution in [3.63, 3.8) is 0 Å². The summed E-state index contributed by atoms with van der Waals surface area (Å²) in [5.41, 5.74) is 0. The first kappa shape index (κ1) is 15.7. The van der Waals surface area contributed by atoms with Gasteiger partial charge in [-0.15, -0.1) is 0 Å². The predicted octanol–water partition coefficient (Wildman–Crippen LogP) is 1.94. The molecule has 0 aromatic heterocycles. The third kappa shape index (κ3) is 4.14. The molecule has 1 aliphatic heterocycles. The van der Waals surface area contributed by atoms with Gasteiger partial charge in [-0.25, -0.2) is 8.78 Å². The minimum Gasteiger partial charge on any atom is -0.481 e. The molecule has 0 aliphatic carbocycles. The summed E-state index contributed by atoms with van der Waals surface area (Å²) in [6.45, 7) is 4.09. The Morgan fingerprint density at radius 3 is 2.90 bits per heavy atom. The Bertz CT molecular complexity index is 491. The van der Waals surface area contributed by atoms with E-state index in [0.717, 1.165) is 38.1 Å². The van der Waals surface area contributed by atoms with E-state index in [1.54, 1.807) is 4.90 Å². The van der Waals surface area contributed by atoms with Crippen molar-refractivity contribution in [1.29, 1.82) is 0 Å². The number of hydrogen-bond acceptors (Lipinski definition) is 3. The first-order valence-corrected chi connectivity index (χ1v) is 7.20. The Kier molecular flexibility index (Phi) is 5.50. The average molecular weight is 298 g/mol. The number of amides is 1. The number of ether oxygens (including phenoxy) is 1. The summed E-state index contributed by atoms with van der Waals surface area (Å²) in [6, 6.07) is 3.20. The second-order valence-electron chi connectivity index (χ2n) is 5.10. The normalized spacial score (nSPS) is 17.8. The van der Waals surface area contributed by atoms with Crippen LogP contribution in [-0.2, 0) is 4.79 Å². The summed E-state index contributed by atoms with van der Waals surface area (Å²) < 4.78 is 31.4. The Labute approximate surface area is 123 Å². The highest BCUT2D eigenvalue weighted by Crippen LogP contribution is 2.18. The Hall–Kier alpha value is -1.69. The zero-order chi connectivity index (χ0) is 15.2. The molecule has 6 heteroatoms. The summed E-state index contributed by atoms with van der Waals surface area (Å²) in [4.78, 5) is 14.0. The highest BCUT2D eigenvalue weighted by molar-refractivity contribution is 5.78. The molecular weight excluding hydrogens is 278 g/mol. The van der Waals surface area contributed by atoms with Gasteiger partial charge in [-0.1, -0.05) is 6.92 Å². The quantitative estimate of drug-likeness (QED) is 0.873. The van der Waals surface area contributed by atoms with Gasteiger partial charge in [0.1, 0.15) is 5.82 Å². The molecule has 0 saturated carbocycles. The molecule has 1 fully saturated rings. The maximum absolute atomic E-state index is 13.5. The lowest BCUT2D eigenvalue weighted by molar-refractivity contribution is -0.135. The van der Waals surface area contributed by atoms with E-state index in [-0.39, 0.29) is 24.3 Å². The molecule has 2 rings (SSSR count). The number of halogens is 2. The molecule has 1 aromatic carbocycles. The van der Waals surface area contributed by atoms with Gasteiger partial charge in [0.25, 0.3) is 5.91 Å². The molecule has 21 heavy (non-hydrogen) atoms. The SMILES string of the molecule is CCCN(C(=O)COc1ccc(F)cc1F)C1CCNC1. The molecule has 1 unspecified atom stereocenters. The van der Waals surface area contributed by atoms with E-state index in [1.807, 2.05) is 6.92 Å². The number of nitrogens with one attached hydrogen (secondary N) is 1. The largest absolute Gasteiger partial charge is 0.481 e. The van der Waals surface area contributed by atoms with Crippen LogP contribution in [0.5, 0.6) is 5.75 Å². The van der Waals surface area contributed by atoms with E-state index in [0.29, 0.717) is 6.54 Å². The Morgan fingerprint density at radius 1 is 1.48 bits per heavy atom. The number of hydrogen-bond donors (Lipinski definition) is 1. The number of nitrogens with zero attached hydrogens (tertiary/aromatic N) is 1. The van der Waals surface area contributed by atoms with Gasteiger partial charge >= 0.3 is 0 Å². The Morgan fingerprint density at radius 2 is 2.29 bits per heavy atom. The van der Waals surface area contributed by atoms with Crippen molar-refractivity contribution in [2.24, 2.45) is 0 Å². The molecule has 1 aromatic rings. The first-order valence-electron chi connectivity index (χ1n) is 7.20. The monoisotopic (exact) mass is 298 g/mol. The topological polar surface area (TPSA) is 41.6 Å². The van der Waals surface area contributed by atoms with E-state index in [2.05, 4.69) is 5.32 Å². The van der Waals surface area contributed by atoms with Crippen molar-refractivity contribution < 1.29 is 18.3 Å². The van der Waals surface area contributed by atoms with Crippen LogP contribution in [-0.4, -0.2) is 43.1 Å². The number of benzene rings is 1. The highest BCUT2D eigenvalue weighted by atomic mass is 19.1. The van der Waals surface area contributed by atoms with Gasteiger partial charge in [0.05, 0.1) is 0 Å². The first-order chi connectivity index (χ1) is 10.1. The molecule has 1 amide bonds. The molecule has 1 saturated heterocycles. The van der Waals surface area contributed by atoms with Gasteiger partial charge in [-0.05, 0) is 31.5 Å². The molecule has 0 bridgehead atoms. The highest BCUT2D eigenvalue weighted by Gasteiger charge is 2.26. The predicted molar refractivity (Wildman–Crippen MR) is 75.1 cm³/mol. The summed E-state index contributed by atoms with van der Waals surface area (Å²) in [7, 11) is 0. The van der Waals surface area contributed by atoms with Crippen LogP contribution in [0.25, 0.3) is 0 Å². The maximum Gasteiger partial charge on any atom is 0.260 e. The summed E-state index contributed by atoms with van der Waals surface area (Å²) >= 11 is 0. The summed E-state index contributed by atoms with van der Waals surface area (Å²) in [6.07, 6.45) is 1.77. The van der Waals surface area contributed by atoms with Crippen molar-refractivity contribution >= 4 is 5.91 Å². The lowest BCUT2D eigenvalue weighted by Crippen LogP contribution is -2.44. The fraction of sp³-hybridized carbons (Fsp3) is 0.533. The lowest BCUT2D eigenvalue weighted by atomic mass is 10.2. The third-order valence-corrected chi connectivity index (χ3v) is 3.51. The molecule has 1 aliphatic rings. The van der Waals surface area contributed by atoms with Gasteiger partial charge in [0.2, 0.25) is 0 Å². The number of carbonyl (C=O) groups is 1.